The second kappa shape index (κ2) is 6.29. The summed E-state index contributed by atoms with van der Waals surface area (Å²) < 4.78 is 1.45. The van der Waals surface area contributed by atoms with Gasteiger partial charge in [-0.25, -0.2) is 4.98 Å². The van der Waals surface area contributed by atoms with Crippen molar-refractivity contribution < 1.29 is 9.72 Å². The van der Waals surface area contributed by atoms with E-state index in [2.05, 4.69) is 10.3 Å². The minimum atomic E-state index is -0.534. The average molecular weight is 380 g/mol. The van der Waals surface area contributed by atoms with Crippen LogP contribution in [0.1, 0.15) is 15.2 Å². The van der Waals surface area contributed by atoms with Gasteiger partial charge in [0.2, 0.25) is 0 Å². The highest BCUT2D eigenvalue weighted by Gasteiger charge is 2.16. The lowest BCUT2D eigenvalue weighted by Gasteiger charge is -2.02. The summed E-state index contributed by atoms with van der Waals surface area (Å²) in [5.41, 5.74) is 1.34. The Bertz CT molecular complexity index is 1290. The van der Waals surface area contributed by atoms with E-state index in [1.165, 1.54) is 28.7 Å². The molecule has 0 aliphatic rings. The number of carbonyl (C=O) groups is 1. The summed E-state index contributed by atoms with van der Waals surface area (Å²) in [6, 6.07) is 10.8. The van der Waals surface area contributed by atoms with Crippen LogP contribution in [0.3, 0.4) is 0 Å². The Morgan fingerprint density at radius 1 is 1.26 bits per heavy atom. The van der Waals surface area contributed by atoms with Gasteiger partial charge in [0, 0.05) is 24.0 Å². The molecule has 0 atom stereocenters. The fourth-order valence-electron chi connectivity index (χ4n) is 2.76. The molecule has 3 heterocycles. The first-order valence-corrected chi connectivity index (χ1v) is 8.73. The molecule has 0 unspecified atom stereocenters. The second-order valence-corrected chi connectivity index (χ2v) is 6.92. The summed E-state index contributed by atoms with van der Waals surface area (Å²) in [5.74, 6) is -0.455. The molecule has 9 heteroatoms. The van der Waals surface area contributed by atoms with Gasteiger partial charge in [0.25, 0.3) is 17.2 Å². The Hall–Kier alpha value is -3.59. The van der Waals surface area contributed by atoms with E-state index < -0.39 is 10.8 Å². The molecule has 1 aromatic carbocycles. The summed E-state index contributed by atoms with van der Waals surface area (Å²) >= 11 is 1.10. The SMILES string of the molecule is Cc1cccn2c(=O)c3cc(C(=O)Nc4cccc([N+](=O)[O-])c4)sc3nc12. The molecule has 0 aliphatic heterocycles. The molecular formula is C18H12N4O4S. The van der Waals surface area contributed by atoms with Crippen molar-refractivity contribution in [2.45, 2.75) is 6.92 Å². The highest BCUT2D eigenvalue weighted by Crippen LogP contribution is 2.24. The molecule has 0 saturated carbocycles. The van der Waals surface area contributed by atoms with Gasteiger partial charge in [-0.3, -0.25) is 24.1 Å². The number of benzene rings is 1. The molecule has 27 heavy (non-hydrogen) atoms. The molecule has 134 valence electrons. The van der Waals surface area contributed by atoms with Gasteiger partial charge in [-0.15, -0.1) is 11.3 Å². The zero-order valence-electron chi connectivity index (χ0n) is 14.0. The van der Waals surface area contributed by atoms with Crippen molar-refractivity contribution in [1.29, 1.82) is 0 Å². The van der Waals surface area contributed by atoms with Gasteiger partial charge in [-0.05, 0) is 30.7 Å². The van der Waals surface area contributed by atoms with E-state index in [1.807, 2.05) is 13.0 Å². The molecule has 0 bridgehead atoms. The predicted octanol–water partition coefficient (Wildman–Crippen LogP) is 3.38. The maximum absolute atomic E-state index is 12.7. The van der Waals surface area contributed by atoms with Crippen LogP contribution in [0.25, 0.3) is 15.9 Å². The van der Waals surface area contributed by atoms with Crippen LogP contribution >= 0.6 is 11.3 Å². The smallest absolute Gasteiger partial charge is 0.271 e. The normalized spacial score (nSPS) is 11.0. The highest BCUT2D eigenvalue weighted by molar-refractivity contribution is 7.20. The topological polar surface area (TPSA) is 107 Å². The highest BCUT2D eigenvalue weighted by atomic mass is 32.1. The lowest BCUT2D eigenvalue weighted by molar-refractivity contribution is -0.384. The van der Waals surface area contributed by atoms with Crippen molar-refractivity contribution in [3.8, 4) is 0 Å². The van der Waals surface area contributed by atoms with Crippen LogP contribution in [0.2, 0.25) is 0 Å². The number of aromatic nitrogens is 2. The van der Waals surface area contributed by atoms with Crippen LogP contribution in [-0.4, -0.2) is 20.2 Å². The molecule has 0 fully saturated rings. The molecule has 0 radical (unpaired) electrons. The Labute approximate surface area is 155 Å². The number of pyridine rings is 1. The first-order valence-electron chi connectivity index (χ1n) is 7.91. The van der Waals surface area contributed by atoms with E-state index in [0.717, 1.165) is 16.9 Å². The van der Waals surface area contributed by atoms with Gasteiger partial charge in [0.05, 0.1) is 15.2 Å². The van der Waals surface area contributed by atoms with E-state index in [4.69, 9.17) is 0 Å². The Morgan fingerprint density at radius 3 is 2.85 bits per heavy atom. The number of nitrogens with one attached hydrogen (secondary N) is 1. The standard InChI is InChI=1S/C18H12N4O4S/c1-10-4-3-7-21-15(10)20-17-13(18(21)24)9-14(27-17)16(23)19-11-5-2-6-12(8-11)22(25)26/h2-9H,1H3,(H,19,23). The third-order valence-electron chi connectivity index (χ3n) is 4.07. The molecule has 0 spiro atoms. The maximum Gasteiger partial charge on any atom is 0.271 e. The Kier molecular flexibility index (Phi) is 3.93. The monoisotopic (exact) mass is 380 g/mol. The van der Waals surface area contributed by atoms with Crippen molar-refractivity contribution in [1.82, 2.24) is 9.38 Å². The molecule has 1 amide bonds. The molecule has 4 rings (SSSR count). The van der Waals surface area contributed by atoms with Crippen molar-refractivity contribution in [2.75, 3.05) is 5.32 Å². The number of hydrogen-bond acceptors (Lipinski definition) is 6. The third-order valence-corrected chi connectivity index (χ3v) is 5.10. The van der Waals surface area contributed by atoms with Gasteiger partial charge in [-0.1, -0.05) is 12.1 Å². The van der Waals surface area contributed by atoms with Gasteiger partial charge in [-0.2, -0.15) is 0 Å². The van der Waals surface area contributed by atoms with E-state index >= 15 is 0 Å². The van der Waals surface area contributed by atoms with Crippen molar-refractivity contribution in [3.05, 3.63) is 79.6 Å². The van der Waals surface area contributed by atoms with Gasteiger partial charge >= 0.3 is 0 Å². The van der Waals surface area contributed by atoms with Crippen LogP contribution in [0.4, 0.5) is 11.4 Å². The van der Waals surface area contributed by atoms with E-state index in [-0.39, 0.29) is 11.2 Å². The number of hydrogen-bond donors (Lipinski definition) is 1. The summed E-state index contributed by atoms with van der Waals surface area (Å²) in [7, 11) is 0. The number of carbonyl (C=O) groups excluding carboxylic acids is 1. The minimum Gasteiger partial charge on any atom is -0.321 e. The molecule has 3 aromatic heterocycles. The summed E-state index contributed by atoms with van der Waals surface area (Å²) in [4.78, 5) is 40.8. The molecule has 0 aliphatic carbocycles. The van der Waals surface area contributed by atoms with Crippen molar-refractivity contribution in [3.63, 3.8) is 0 Å². The molecule has 4 aromatic rings. The summed E-state index contributed by atoms with van der Waals surface area (Å²) in [6.07, 6.45) is 1.64. The van der Waals surface area contributed by atoms with Crippen LogP contribution < -0.4 is 10.9 Å². The number of amides is 1. The van der Waals surface area contributed by atoms with Crippen LogP contribution in [0.15, 0.2) is 53.5 Å². The number of thiophene rings is 1. The van der Waals surface area contributed by atoms with Gasteiger partial charge in [0.1, 0.15) is 10.5 Å². The zero-order chi connectivity index (χ0) is 19.1. The fourth-order valence-corrected chi connectivity index (χ4v) is 3.68. The van der Waals surface area contributed by atoms with Crippen molar-refractivity contribution >= 4 is 44.5 Å². The van der Waals surface area contributed by atoms with Crippen LogP contribution in [0, 0.1) is 17.0 Å². The maximum atomic E-state index is 12.7. The number of rotatable bonds is 3. The number of nitro groups is 1. The summed E-state index contributed by atoms with van der Waals surface area (Å²) in [6.45, 7) is 1.86. The Balaban J connectivity index is 1.75. The van der Waals surface area contributed by atoms with E-state index in [0.29, 0.717) is 26.4 Å². The molecule has 0 saturated heterocycles. The number of non-ortho nitro benzene ring substituents is 1. The molecule has 8 nitrogen and oxygen atoms in total. The van der Waals surface area contributed by atoms with Crippen LogP contribution in [-0.2, 0) is 0 Å². The van der Waals surface area contributed by atoms with Crippen molar-refractivity contribution in [2.24, 2.45) is 0 Å². The molecule has 1 N–H and O–H groups in total. The summed E-state index contributed by atoms with van der Waals surface area (Å²) in [5, 5.41) is 13.8. The lowest BCUT2D eigenvalue weighted by atomic mass is 10.2. The largest absolute Gasteiger partial charge is 0.321 e. The zero-order valence-corrected chi connectivity index (χ0v) is 14.8. The van der Waals surface area contributed by atoms with E-state index in [9.17, 15) is 19.7 Å². The first kappa shape index (κ1) is 16.9. The third kappa shape index (κ3) is 2.93. The first-order chi connectivity index (χ1) is 12.9. The average Bonchev–Trinajstić information content (AvgIpc) is 3.08. The predicted molar refractivity (Wildman–Crippen MR) is 103 cm³/mol. The number of nitro benzene ring substituents is 1. The number of aryl methyl sites for hydroxylation is 1. The number of anilines is 1. The second-order valence-electron chi connectivity index (χ2n) is 5.89. The number of nitrogens with zero attached hydrogens (tertiary/aromatic N) is 3. The van der Waals surface area contributed by atoms with Crippen LogP contribution in [0.5, 0.6) is 0 Å². The van der Waals surface area contributed by atoms with E-state index in [1.54, 1.807) is 18.3 Å². The minimum absolute atomic E-state index is 0.120. The lowest BCUT2D eigenvalue weighted by Crippen LogP contribution is -2.14. The van der Waals surface area contributed by atoms with Gasteiger partial charge < -0.3 is 5.32 Å². The molecular weight excluding hydrogens is 368 g/mol. The number of fused-ring (bicyclic) bond motifs is 2. The Morgan fingerprint density at radius 2 is 2.07 bits per heavy atom. The quantitative estimate of drug-likeness (QED) is 0.433. The van der Waals surface area contributed by atoms with Gasteiger partial charge in [0.15, 0.2) is 0 Å². The fraction of sp³-hybridized carbons (Fsp3) is 0.0556.